The zero-order valence-electron chi connectivity index (χ0n) is 14.5. The maximum absolute atomic E-state index is 12.7. The molecule has 0 bridgehead atoms. The molecule has 1 aliphatic rings. The molecule has 0 saturated carbocycles. The first-order valence-electron chi connectivity index (χ1n) is 8.91. The van der Waals surface area contributed by atoms with Crippen LogP contribution in [0.2, 0.25) is 0 Å². The predicted octanol–water partition coefficient (Wildman–Crippen LogP) is 2.13. The summed E-state index contributed by atoms with van der Waals surface area (Å²) in [6.07, 6.45) is 5.29. The molecule has 5 nitrogen and oxygen atoms in total. The predicted molar refractivity (Wildman–Crippen MR) is 99.0 cm³/mol. The molecule has 1 unspecified atom stereocenters. The van der Waals surface area contributed by atoms with Crippen LogP contribution in [-0.2, 0) is 6.54 Å². The van der Waals surface area contributed by atoms with Gasteiger partial charge < -0.3 is 16.4 Å². The average Bonchev–Trinajstić information content (AvgIpc) is 2.69. The molecule has 2 heterocycles. The van der Waals surface area contributed by atoms with E-state index in [0.29, 0.717) is 30.5 Å². The van der Waals surface area contributed by atoms with E-state index in [2.05, 4.69) is 29.2 Å². The number of carbonyl (C=O) groups excluding carboxylic acids is 1. The van der Waals surface area contributed by atoms with Crippen LogP contribution in [0.1, 0.15) is 40.2 Å². The molecule has 2 aromatic rings. The van der Waals surface area contributed by atoms with Gasteiger partial charge in [-0.1, -0.05) is 30.3 Å². The fourth-order valence-electron chi connectivity index (χ4n) is 3.70. The second kappa shape index (κ2) is 8.23. The molecule has 1 fully saturated rings. The minimum Gasteiger partial charge on any atom is -0.339 e. The first-order valence-corrected chi connectivity index (χ1v) is 8.91. The first kappa shape index (κ1) is 17.6. The van der Waals surface area contributed by atoms with Gasteiger partial charge in [0.15, 0.2) is 0 Å². The van der Waals surface area contributed by atoms with Gasteiger partial charge in [0.2, 0.25) is 0 Å². The lowest BCUT2D eigenvalue weighted by Crippen LogP contribution is -2.40. The van der Waals surface area contributed by atoms with Crippen molar-refractivity contribution in [2.75, 3.05) is 19.6 Å². The van der Waals surface area contributed by atoms with E-state index in [-0.39, 0.29) is 5.91 Å². The van der Waals surface area contributed by atoms with Crippen molar-refractivity contribution in [3.05, 3.63) is 65.5 Å². The maximum atomic E-state index is 12.7. The minimum atomic E-state index is 0.0465. The van der Waals surface area contributed by atoms with Gasteiger partial charge in [-0.25, -0.2) is 0 Å². The molecule has 25 heavy (non-hydrogen) atoms. The number of likely N-dealkylation sites (tertiary alicyclic amines) is 1. The zero-order valence-corrected chi connectivity index (χ0v) is 14.5. The Morgan fingerprint density at radius 1 is 1.16 bits per heavy atom. The van der Waals surface area contributed by atoms with Crippen LogP contribution in [0.15, 0.2) is 48.8 Å². The lowest BCUT2D eigenvalue weighted by molar-refractivity contribution is 0.0678. The van der Waals surface area contributed by atoms with E-state index in [1.165, 1.54) is 5.56 Å². The average molecular weight is 338 g/mol. The molecule has 3 rings (SSSR count). The van der Waals surface area contributed by atoms with Crippen molar-refractivity contribution in [2.24, 2.45) is 17.4 Å². The maximum Gasteiger partial charge on any atom is 0.255 e. The summed E-state index contributed by atoms with van der Waals surface area (Å²) >= 11 is 0. The fourth-order valence-corrected chi connectivity index (χ4v) is 3.70. The molecule has 5 heteroatoms. The van der Waals surface area contributed by atoms with Crippen molar-refractivity contribution in [1.29, 1.82) is 0 Å². The number of rotatable bonds is 5. The summed E-state index contributed by atoms with van der Waals surface area (Å²) in [5, 5.41) is 0. The third kappa shape index (κ3) is 4.06. The number of hydrogen-bond donors (Lipinski definition) is 2. The Balaban J connectivity index is 1.64. The Kier molecular flexibility index (Phi) is 5.79. The van der Waals surface area contributed by atoms with E-state index in [0.717, 1.165) is 31.5 Å². The Morgan fingerprint density at radius 3 is 2.52 bits per heavy atom. The zero-order chi connectivity index (χ0) is 17.6. The summed E-state index contributed by atoms with van der Waals surface area (Å²) in [7, 11) is 0. The number of amides is 1. The summed E-state index contributed by atoms with van der Waals surface area (Å²) in [5.74, 6) is 0.927. The number of piperidine rings is 1. The van der Waals surface area contributed by atoms with E-state index in [4.69, 9.17) is 11.5 Å². The molecular weight excluding hydrogens is 312 g/mol. The highest BCUT2D eigenvalue weighted by molar-refractivity contribution is 5.94. The second-order valence-corrected chi connectivity index (χ2v) is 6.67. The van der Waals surface area contributed by atoms with Gasteiger partial charge in [0.25, 0.3) is 5.91 Å². The molecule has 1 saturated heterocycles. The van der Waals surface area contributed by atoms with Gasteiger partial charge in [-0.15, -0.1) is 0 Å². The Labute approximate surface area is 149 Å². The van der Waals surface area contributed by atoms with Crippen molar-refractivity contribution in [2.45, 2.75) is 25.3 Å². The number of nitrogens with two attached hydrogens (primary N) is 2. The topological polar surface area (TPSA) is 85.2 Å². The smallest absolute Gasteiger partial charge is 0.255 e. The molecule has 0 spiro atoms. The number of nitrogens with zero attached hydrogens (tertiary/aromatic N) is 2. The number of carbonyl (C=O) groups is 1. The molecule has 0 radical (unpaired) electrons. The highest BCUT2D eigenvalue weighted by Gasteiger charge is 2.29. The van der Waals surface area contributed by atoms with Crippen molar-refractivity contribution in [3.63, 3.8) is 0 Å². The van der Waals surface area contributed by atoms with Crippen LogP contribution in [0.5, 0.6) is 0 Å². The van der Waals surface area contributed by atoms with E-state index < -0.39 is 0 Å². The van der Waals surface area contributed by atoms with Crippen molar-refractivity contribution in [1.82, 2.24) is 9.88 Å². The van der Waals surface area contributed by atoms with E-state index in [1.54, 1.807) is 12.4 Å². The van der Waals surface area contributed by atoms with Crippen LogP contribution in [0, 0.1) is 5.92 Å². The Hall–Kier alpha value is -2.24. The van der Waals surface area contributed by atoms with Crippen molar-refractivity contribution < 1.29 is 4.79 Å². The number of hydrogen-bond acceptors (Lipinski definition) is 4. The minimum absolute atomic E-state index is 0.0465. The van der Waals surface area contributed by atoms with Crippen molar-refractivity contribution in [3.8, 4) is 0 Å². The molecule has 132 valence electrons. The highest BCUT2D eigenvalue weighted by Crippen LogP contribution is 2.32. The lowest BCUT2D eigenvalue weighted by atomic mass is 9.80. The normalized spacial score (nSPS) is 16.6. The van der Waals surface area contributed by atoms with Gasteiger partial charge in [-0.2, -0.15) is 0 Å². The second-order valence-electron chi connectivity index (χ2n) is 6.67. The molecule has 1 atom stereocenters. The standard InChI is InChI=1S/C20H26N4O/c21-11-15-10-18(14-23-13-15)20(25)24-8-6-17(7-9-24)19(12-22)16-4-2-1-3-5-16/h1-5,10,13-14,17,19H,6-9,11-12,21-22H2. The summed E-state index contributed by atoms with van der Waals surface area (Å²) in [4.78, 5) is 18.8. The van der Waals surface area contributed by atoms with Crippen LogP contribution in [0.3, 0.4) is 0 Å². The van der Waals surface area contributed by atoms with Gasteiger partial charge in [-0.3, -0.25) is 9.78 Å². The van der Waals surface area contributed by atoms with Gasteiger partial charge in [0.1, 0.15) is 0 Å². The molecule has 1 aromatic carbocycles. The van der Waals surface area contributed by atoms with Crippen LogP contribution in [-0.4, -0.2) is 35.4 Å². The summed E-state index contributed by atoms with van der Waals surface area (Å²) < 4.78 is 0. The number of pyridine rings is 1. The monoisotopic (exact) mass is 338 g/mol. The van der Waals surface area contributed by atoms with Gasteiger partial charge in [-0.05, 0) is 48.4 Å². The first-order chi connectivity index (χ1) is 12.2. The SMILES string of the molecule is NCc1cncc(C(=O)N2CCC(C(CN)c3ccccc3)CC2)c1. The highest BCUT2D eigenvalue weighted by atomic mass is 16.2. The summed E-state index contributed by atoms with van der Waals surface area (Å²) in [5.41, 5.74) is 14.5. The fraction of sp³-hybridized carbons (Fsp3) is 0.400. The number of aromatic nitrogens is 1. The van der Waals surface area contributed by atoms with E-state index in [1.807, 2.05) is 17.0 Å². The van der Waals surface area contributed by atoms with E-state index in [9.17, 15) is 4.79 Å². The van der Waals surface area contributed by atoms with Crippen LogP contribution >= 0.6 is 0 Å². The largest absolute Gasteiger partial charge is 0.339 e. The van der Waals surface area contributed by atoms with Crippen molar-refractivity contribution >= 4 is 5.91 Å². The van der Waals surface area contributed by atoms with Crippen LogP contribution in [0.25, 0.3) is 0 Å². The molecule has 1 aliphatic heterocycles. The third-order valence-electron chi connectivity index (χ3n) is 5.16. The Morgan fingerprint density at radius 2 is 1.88 bits per heavy atom. The molecular formula is C20H26N4O. The summed E-state index contributed by atoms with van der Waals surface area (Å²) in [6.45, 7) is 2.57. The molecule has 1 amide bonds. The summed E-state index contributed by atoms with van der Waals surface area (Å²) in [6, 6.07) is 12.3. The molecule has 0 aliphatic carbocycles. The third-order valence-corrected chi connectivity index (χ3v) is 5.16. The lowest BCUT2D eigenvalue weighted by Gasteiger charge is -2.36. The van der Waals surface area contributed by atoms with Crippen LogP contribution in [0.4, 0.5) is 0 Å². The molecule has 1 aromatic heterocycles. The van der Waals surface area contributed by atoms with Gasteiger partial charge in [0.05, 0.1) is 5.56 Å². The van der Waals surface area contributed by atoms with Gasteiger partial charge in [0, 0.05) is 32.0 Å². The number of benzene rings is 1. The van der Waals surface area contributed by atoms with Gasteiger partial charge >= 0.3 is 0 Å². The quantitative estimate of drug-likeness (QED) is 0.874. The Bertz CT molecular complexity index is 696. The molecule has 4 N–H and O–H groups in total. The van der Waals surface area contributed by atoms with Crippen LogP contribution < -0.4 is 11.5 Å². The van der Waals surface area contributed by atoms with E-state index >= 15 is 0 Å².